The van der Waals surface area contributed by atoms with Crippen molar-refractivity contribution < 1.29 is 80.2 Å². The smallest absolute Gasteiger partial charge is 0.462 e. The topological polar surface area (TPSA) is 237 Å². The lowest BCUT2D eigenvalue weighted by Crippen LogP contribution is -2.30. The molecule has 0 amide bonds. The summed E-state index contributed by atoms with van der Waals surface area (Å²) in [6.45, 7) is 4.86. The van der Waals surface area contributed by atoms with Crippen LogP contribution in [0.1, 0.15) is 362 Å². The van der Waals surface area contributed by atoms with Crippen molar-refractivity contribution >= 4 is 39.5 Å². The predicted molar refractivity (Wildman–Crippen MR) is 390 cm³/mol. The van der Waals surface area contributed by atoms with Gasteiger partial charge in [-0.05, 0) is 103 Å². The van der Waals surface area contributed by atoms with Gasteiger partial charge < -0.3 is 33.8 Å². The van der Waals surface area contributed by atoms with E-state index in [0.29, 0.717) is 25.7 Å². The Morgan fingerprint density at radius 3 is 0.792 bits per heavy atom. The minimum atomic E-state index is -4.97. The molecule has 0 aliphatic heterocycles. The molecule has 19 heteroatoms. The average molecular weight is 1400 g/mol. The Balaban J connectivity index is 5.33. The highest BCUT2D eigenvalue weighted by atomic mass is 31.2. The number of phosphoric ester groups is 2. The molecule has 0 aliphatic rings. The average Bonchev–Trinajstić information content (AvgIpc) is 1.43. The van der Waals surface area contributed by atoms with Crippen LogP contribution in [0.3, 0.4) is 0 Å². The predicted octanol–water partition coefficient (Wildman–Crippen LogP) is 22.1. The number of rotatable bonds is 74. The summed E-state index contributed by atoms with van der Waals surface area (Å²) in [7, 11) is -9.94. The first-order chi connectivity index (χ1) is 46.7. The number of carbonyl (C=O) groups is 4. The third-order valence-corrected chi connectivity index (χ3v) is 18.7. The van der Waals surface area contributed by atoms with Gasteiger partial charge in [0, 0.05) is 25.7 Å². The van der Waals surface area contributed by atoms with Gasteiger partial charge in [-0.3, -0.25) is 37.3 Å². The minimum absolute atomic E-state index is 0.0806. The fourth-order valence-corrected chi connectivity index (χ4v) is 12.4. The molecular weight excluding hydrogens is 1260 g/mol. The second-order valence-electron chi connectivity index (χ2n) is 26.3. The monoisotopic (exact) mass is 1400 g/mol. The van der Waals surface area contributed by atoms with Crippen molar-refractivity contribution in [1.29, 1.82) is 0 Å². The molecule has 0 rings (SSSR count). The summed E-state index contributed by atoms with van der Waals surface area (Å²) < 4.78 is 68.5. The number of aliphatic hydroxyl groups excluding tert-OH is 1. The molecule has 2 unspecified atom stereocenters. The molecule has 0 saturated heterocycles. The summed E-state index contributed by atoms with van der Waals surface area (Å²) in [5.74, 6) is -2.18. The van der Waals surface area contributed by atoms with Crippen molar-refractivity contribution in [3.63, 3.8) is 0 Å². The zero-order chi connectivity index (χ0) is 70.4. The molecule has 0 aromatic rings. The van der Waals surface area contributed by atoms with Crippen LogP contribution in [0.2, 0.25) is 0 Å². The van der Waals surface area contributed by atoms with E-state index >= 15 is 0 Å². The molecule has 0 heterocycles. The van der Waals surface area contributed by atoms with E-state index in [-0.39, 0.29) is 25.7 Å². The van der Waals surface area contributed by atoms with E-state index in [1.54, 1.807) is 0 Å². The lowest BCUT2D eigenvalue weighted by atomic mass is 10.0. The van der Waals surface area contributed by atoms with Gasteiger partial charge in [-0.25, -0.2) is 9.13 Å². The van der Waals surface area contributed by atoms with Gasteiger partial charge in [0.25, 0.3) is 0 Å². The van der Waals surface area contributed by atoms with Crippen LogP contribution in [-0.4, -0.2) is 96.7 Å². The third kappa shape index (κ3) is 69.5. The maximum atomic E-state index is 13.1. The van der Waals surface area contributed by atoms with Gasteiger partial charge in [0.05, 0.1) is 26.4 Å². The number of unbranched alkanes of at least 4 members (excludes halogenated alkanes) is 41. The standard InChI is InChI=1S/C77H142O17P2/c1-5-9-13-17-21-25-29-33-35-39-42-46-50-54-58-62-75(80)88-68-73(94-77(82)64-60-56-52-48-44-40-36-34-30-26-22-18-14-10-6-2)70-92-96(85,86)90-66-71(78)65-89-95(83,84)91-69-72(93-76(81)63-59-55-51-47-43-38-32-28-24-20-16-12-8-4)67-87-74(79)61-57-53-49-45-41-37-31-27-23-19-15-11-7-3/h26-27,30-31,33-36,71-73,78H,5-25,28-29,32,37-70H2,1-4H3,(H,83,84)(H,85,86)/b30-26-,31-27-,35-33-,36-34-/t71-,72-,73-/m1/s1. The van der Waals surface area contributed by atoms with Crippen LogP contribution < -0.4 is 0 Å². The van der Waals surface area contributed by atoms with Crippen LogP contribution in [0.25, 0.3) is 0 Å². The molecule has 0 aromatic carbocycles. The highest BCUT2D eigenvalue weighted by Crippen LogP contribution is 2.45. The lowest BCUT2D eigenvalue weighted by Gasteiger charge is -2.21. The molecular formula is C77H142O17P2. The highest BCUT2D eigenvalue weighted by Gasteiger charge is 2.30. The number of aliphatic hydroxyl groups is 1. The van der Waals surface area contributed by atoms with Crippen molar-refractivity contribution in [3.8, 4) is 0 Å². The quantitative estimate of drug-likeness (QED) is 0.0128. The molecule has 96 heavy (non-hydrogen) atoms. The van der Waals surface area contributed by atoms with E-state index < -0.39 is 97.5 Å². The van der Waals surface area contributed by atoms with Crippen molar-refractivity contribution in [3.05, 3.63) is 48.6 Å². The second kappa shape index (κ2) is 70.5. The van der Waals surface area contributed by atoms with Gasteiger partial charge in [0.1, 0.15) is 19.3 Å². The molecule has 0 aliphatic carbocycles. The Morgan fingerprint density at radius 1 is 0.292 bits per heavy atom. The van der Waals surface area contributed by atoms with Crippen LogP contribution in [0.15, 0.2) is 48.6 Å². The van der Waals surface area contributed by atoms with Gasteiger partial charge >= 0.3 is 39.5 Å². The molecule has 0 saturated carbocycles. The molecule has 0 spiro atoms. The maximum Gasteiger partial charge on any atom is 0.472 e. The number of phosphoric acid groups is 2. The first-order valence-electron chi connectivity index (χ1n) is 38.9. The van der Waals surface area contributed by atoms with Crippen molar-refractivity contribution in [1.82, 2.24) is 0 Å². The minimum Gasteiger partial charge on any atom is -0.462 e. The summed E-state index contributed by atoms with van der Waals surface area (Å²) in [4.78, 5) is 72.8. The van der Waals surface area contributed by atoms with E-state index in [1.807, 2.05) is 0 Å². The zero-order valence-corrected chi connectivity index (χ0v) is 63.1. The molecule has 17 nitrogen and oxygen atoms in total. The molecule has 0 aromatic heterocycles. The Kier molecular flexibility index (Phi) is 68.3. The molecule has 0 fully saturated rings. The van der Waals surface area contributed by atoms with Crippen molar-refractivity contribution in [2.45, 2.75) is 380 Å². The molecule has 0 radical (unpaired) electrons. The highest BCUT2D eigenvalue weighted by molar-refractivity contribution is 7.47. The number of allylic oxidation sites excluding steroid dienone is 8. The lowest BCUT2D eigenvalue weighted by molar-refractivity contribution is -0.161. The SMILES string of the molecule is CCCCCC/C=C\C=C/CCCCCCCC(=O)O[C@H](COC(=O)CCCCCCC/C=C\CCCCCCCC)COP(=O)(O)OC[C@H](O)COP(=O)(O)OC[C@@H](COC(=O)CCCCCCC/C=C\CCCCCC)OC(=O)CCCCCCCCCCCCCCC. The third-order valence-electron chi connectivity index (χ3n) is 16.8. The zero-order valence-electron chi connectivity index (χ0n) is 61.3. The summed E-state index contributed by atoms with van der Waals surface area (Å²) in [5, 5.41) is 10.6. The molecule has 5 atom stereocenters. The van der Waals surface area contributed by atoms with Crippen molar-refractivity contribution in [2.24, 2.45) is 0 Å². The van der Waals surface area contributed by atoms with E-state index in [1.165, 1.54) is 141 Å². The number of hydrogen-bond acceptors (Lipinski definition) is 15. The van der Waals surface area contributed by atoms with Crippen LogP contribution in [0.5, 0.6) is 0 Å². The summed E-state index contributed by atoms with van der Waals surface area (Å²) >= 11 is 0. The Hall–Kier alpha value is -2.98. The number of hydrogen-bond donors (Lipinski definition) is 3. The van der Waals surface area contributed by atoms with Gasteiger partial charge in [0.2, 0.25) is 0 Å². The van der Waals surface area contributed by atoms with Gasteiger partial charge in [-0.15, -0.1) is 0 Å². The van der Waals surface area contributed by atoms with E-state index in [4.69, 9.17) is 37.0 Å². The largest absolute Gasteiger partial charge is 0.472 e. The fourth-order valence-electron chi connectivity index (χ4n) is 10.8. The van der Waals surface area contributed by atoms with Gasteiger partial charge in [-0.1, -0.05) is 282 Å². The number of carbonyl (C=O) groups excluding carboxylic acids is 4. The molecule has 3 N–H and O–H groups in total. The molecule has 562 valence electrons. The number of ether oxygens (including phenoxy) is 4. The number of esters is 4. The molecule has 0 bridgehead atoms. The van der Waals surface area contributed by atoms with Gasteiger partial charge in [0.15, 0.2) is 12.2 Å². The van der Waals surface area contributed by atoms with Crippen LogP contribution in [-0.2, 0) is 65.4 Å². The summed E-state index contributed by atoms with van der Waals surface area (Å²) in [6, 6.07) is 0. The van der Waals surface area contributed by atoms with E-state index in [2.05, 4.69) is 76.3 Å². The van der Waals surface area contributed by atoms with E-state index in [9.17, 15) is 43.2 Å². The van der Waals surface area contributed by atoms with Crippen molar-refractivity contribution in [2.75, 3.05) is 39.6 Å². The Morgan fingerprint density at radius 2 is 0.510 bits per heavy atom. The Labute approximate surface area is 585 Å². The second-order valence-corrected chi connectivity index (χ2v) is 29.2. The van der Waals surface area contributed by atoms with Gasteiger partial charge in [-0.2, -0.15) is 0 Å². The summed E-state index contributed by atoms with van der Waals surface area (Å²) in [5.41, 5.74) is 0. The first-order valence-corrected chi connectivity index (χ1v) is 41.9. The normalized spacial score (nSPS) is 14.2. The van der Waals surface area contributed by atoms with Crippen LogP contribution >= 0.6 is 15.6 Å². The Bertz CT molecular complexity index is 2010. The van der Waals surface area contributed by atoms with Crippen LogP contribution in [0, 0.1) is 0 Å². The van der Waals surface area contributed by atoms with E-state index in [0.717, 1.165) is 141 Å². The first kappa shape index (κ1) is 93.0. The maximum absolute atomic E-state index is 13.1. The fraction of sp³-hybridized carbons (Fsp3) is 0.844. The van der Waals surface area contributed by atoms with Crippen LogP contribution in [0.4, 0.5) is 0 Å². The summed E-state index contributed by atoms with van der Waals surface area (Å²) in [6.07, 6.45) is 66.6.